The number of phenols is 1. The number of hydrogen-bond acceptors (Lipinski definition) is 2. The van der Waals surface area contributed by atoms with Crippen molar-refractivity contribution in [1.29, 1.82) is 0 Å². The molecule has 0 saturated carbocycles. The summed E-state index contributed by atoms with van der Waals surface area (Å²) < 4.78 is 5.69. The SMILES string of the molecule is CCCCCCCCCOc1cccc(O)c1C. The molecule has 18 heavy (non-hydrogen) atoms. The summed E-state index contributed by atoms with van der Waals surface area (Å²) in [5.74, 6) is 1.12. The zero-order chi connectivity index (χ0) is 13.2. The molecule has 1 rings (SSSR count). The van der Waals surface area contributed by atoms with E-state index in [0.29, 0.717) is 5.75 Å². The number of ether oxygens (including phenoxy) is 1. The molecule has 2 nitrogen and oxygen atoms in total. The van der Waals surface area contributed by atoms with Gasteiger partial charge >= 0.3 is 0 Å². The highest BCUT2D eigenvalue weighted by atomic mass is 16.5. The van der Waals surface area contributed by atoms with Gasteiger partial charge < -0.3 is 9.84 Å². The molecule has 0 saturated heterocycles. The number of phenolic OH excluding ortho intramolecular Hbond substituents is 1. The highest BCUT2D eigenvalue weighted by Crippen LogP contribution is 2.26. The molecule has 2 heteroatoms. The third-order valence-electron chi connectivity index (χ3n) is 3.26. The van der Waals surface area contributed by atoms with Crippen molar-refractivity contribution in [3.05, 3.63) is 23.8 Å². The predicted octanol–water partition coefficient (Wildman–Crippen LogP) is 4.83. The maximum atomic E-state index is 9.54. The van der Waals surface area contributed by atoms with Gasteiger partial charge in [-0.25, -0.2) is 0 Å². The van der Waals surface area contributed by atoms with E-state index < -0.39 is 0 Å². The highest BCUT2D eigenvalue weighted by molar-refractivity contribution is 5.42. The molecule has 0 spiro atoms. The maximum Gasteiger partial charge on any atom is 0.125 e. The lowest BCUT2D eigenvalue weighted by atomic mass is 10.1. The fourth-order valence-electron chi connectivity index (χ4n) is 2.00. The van der Waals surface area contributed by atoms with Crippen LogP contribution in [0.3, 0.4) is 0 Å². The van der Waals surface area contributed by atoms with Crippen LogP contribution in [0.4, 0.5) is 0 Å². The van der Waals surface area contributed by atoms with E-state index in [1.807, 2.05) is 19.1 Å². The smallest absolute Gasteiger partial charge is 0.125 e. The fraction of sp³-hybridized carbons (Fsp3) is 0.625. The van der Waals surface area contributed by atoms with Crippen LogP contribution in [-0.2, 0) is 0 Å². The van der Waals surface area contributed by atoms with Crippen LogP contribution in [0.5, 0.6) is 11.5 Å². The summed E-state index contributed by atoms with van der Waals surface area (Å²) in [4.78, 5) is 0. The summed E-state index contributed by atoms with van der Waals surface area (Å²) in [6.07, 6.45) is 9.02. The van der Waals surface area contributed by atoms with Gasteiger partial charge in [0, 0.05) is 5.56 Å². The molecule has 102 valence electrons. The monoisotopic (exact) mass is 250 g/mol. The molecular formula is C16H26O2. The first kappa shape index (κ1) is 14.9. The van der Waals surface area contributed by atoms with Gasteiger partial charge in [-0.3, -0.25) is 0 Å². The molecule has 1 N–H and O–H groups in total. The topological polar surface area (TPSA) is 29.5 Å². The Morgan fingerprint density at radius 2 is 1.67 bits per heavy atom. The Hall–Kier alpha value is -1.18. The first-order valence-electron chi connectivity index (χ1n) is 7.17. The lowest BCUT2D eigenvalue weighted by Gasteiger charge is -2.09. The number of hydrogen-bond donors (Lipinski definition) is 1. The molecule has 0 heterocycles. The van der Waals surface area contributed by atoms with Crippen LogP contribution in [0.2, 0.25) is 0 Å². The van der Waals surface area contributed by atoms with Crippen molar-refractivity contribution in [1.82, 2.24) is 0 Å². The van der Waals surface area contributed by atoms with Crippen LogP contribution >= 0.6 is 0 Å². The van der Waals surface area contributed by atoms with Crippen LogP contribution in [0.15, 0.2) is 18.2 Å². The largest absolute Gasteiger partial charge is 0.508 e. The van der Waals surface area contributed by atoms with Crippen LogP contribution in [0.25, 0.3) is 0 Å². The summed E-state index contributed by atoms with van der Waals surface area (Å²) >= 11 is 0. The van der Waals surface area contributed by atoms with Gasteiger partial charge in [0.1, 0.15) is 11.5 Å². The van der Waals surface area contributed by atoms with Crippen molar-refractivity contribution in [2.75, 3.05) is 6.61 Å². The van der Waals surface area contributed by atoms with Crippen molar-refractivity contribution < 1.29 is 9.84 Å². The molecular weight excluding hydrogens is 224 g/mol. The van der Waals surface area contributed by atoms with E-state index in [-0.39, 0.29) is 0 Å². The molecule has 0 amide bonds. The van der Waals surface area contributed by atoms with E-state index in [9.17, 15) is 5.11 Å². The maximum absolute atomic E-state index is 9.54. The number of benzene rings is 1. The van der Waals surface area contributed by atoms with Crippen molar-refractivity contribution in [2.45, 2.75) is 58.8 Å². The van der Waals surface area contributed by atoms with Crippen LogP contribution < -0.4 is 4.74 Å². The number of unbranched alkanes of at least 4 members (excludes halogenated alkanes) is 6. The standard InChI is InChI=1S/C16H26O2/c1-3-4-5-6-7-8-9-13-18-16-12-10-11-15(17)14(16)2/h10-12,17H,3-9,13H2,1-2H3. The summed E-state index contributed by atoms with van der Waals surface area (Å²) in [5.41, 5.74) is 0.834. The van der Waals surface area contributed by atoms with Gasteiger partial charge in [0.25, 0.3) is 0 Å². The Kier molecular flexibility index (Phi) is 7.31. The molecule has 0 unspecified atom stereocenters. The van der Waals surface area contributed by atoms with E-state index in [1.165, 1.54) is 38.5 Å². The Balaban J connectivity index is 2.09. The van der Waals surface area contributed by atoms with Crippen LogP contribution in [0, 0.1) is 6.92 Å². The van der Waals surface area contributed by atoms with E-state index in [4.69, 9.17) is 4.74 Å². The predicted molar refractivity (Wildman–Crippen MR) is 76.3 cm³/mol. The second-order valence-corrected chi connectivity index (χ2v) is 4.87. The normalized spacial score (nSPS) is 10.6. The summed E-state index contributed by atoms with van der Waals surface area (Å²) in [6, 6.07) is 5.43. The van der Waals surface area contributed by atoms with Crippen LogP contribution in [-0.4, -0.2) is 11.7 Å². The molecule has 0 aliphatic rings. The van der Waals surface area contributed by atoms with E-state index in [1.54, 1.807) is 6.07 Å². The molecule has 0 fully saturated rings. The van der Waals surface area contributed by atoms with Gasteiger partial charge in [-0.2, -0.15) is 0 Å². The van der Waals surface area contributed by atoms with Gasteiger partial charge in [-0.1, -0.05) is 51.5 Å². The van der Waals surface area contributed by atoms with Gasteiger partial charge in [0.05, 0.1) is 6.61 Å². The van der Waals surface area contributed by atoms with Gasteiger partial charge in [0.2, 0.25) is 0 Å². The van der Waals surface area contributed by atoms with E-state index in [0.717, 1.165) is 24.3 Å². The van der Waals surface area contributed by atoms with E-state index >= 15 is 0 Å². The van der Waals surface area contributed by atoms with Crippen molar-refractivity contribution in [2.24, 2.45) is 0 Å². The lowest BCUT2D eigenvalue weighted by Crippen LogP contribution is -1.98. The Bertz CT molecular complexity index is 334. The van der Waals surface area contributed by atoms with Crippen LogP contribution in [0.1, 0.15) is 57.4 Å². The first-order valence-corrected chi connectivity index (χ1v) is 7.17. The molecule has 0 atom stereocenters. The zero-order valence-electron chi connectivity index (χ0n) is 11.7. The first-order chi connectivity index (χ1) is 8.75. The molecule has 1 aromatic rings. The van der Waals surface area contributed by atoms with Crippen molar-refractivity contribution in [3.63, 3.8) is 0 Å². The van der Waals surface area contributed by atoms with E-state index in [2.05, 4.69) is 6.92 Å². The minimum Gasteiger partial charge on any atom is -0.508 e. The summed E-state index contributed by atoms with van der Waals surface area (Å²) in [5, 5.41) is 9.54. The molecule has 0 aliphatic heterocycles. The summed E-state index contributed by atoms with van der Waals surface area (Å²) in [6.45, 7) is 4.87. The number of rotatable bonds is 9. The second kappa shape index (κ2) is 8.84. The van der Waals surface area contributed by atoms with Gasteiger partial charge in [-0.05, 0) is 25.5 Å². The highest BCUT2D eigenvalue weighted by Gasteiger charge is 2.02. The molecule has 0 bridgehead atoms. The molecule has 0 aliphatic carbocycles. The summed E-state index contributed by atoms with van der Waals surface area (Å²) in [7, 11) is 0. The molecule has 0 radical (unpaired) electrons. The van der Waals surface area contributed by atoms with Crippen molar-refractivity contribution >= 4 is 0 Å². The minimum absolute atomic E-state index is 0.312. The fourth-order valence-corrected chi connectivity index (χ4v) is 2.00. The number of aromatic hydroxyl groups is 1. The average Bonchev–Trinajstić information content (AvgIpc) is 2.37. The lowest BCUT2D eigenvalue weighted by molar-refractivity contribution is 0.300. The molecule has 0 aromatic heterocycles. The third-order valence-corrected chi connectivity index (χ3v) is 3.26. The third kappa shape index (κ3) is 5.44. The Labute approximate surface area is 111 Å². The average molecular weight is 250 g/mol. The minimum atomic E-state index is 0.312. The second-order valence-electron chi connectivity index (χ2n) is 4.87. The Morgan fingerprint density at radius 3 is 2.39 bits per heavy atom. The zero-order valence-corrected chi connectivity index (χ0v) is 11.7. The Morgan fingerprint density at radius 1 is 1.00 bits per heavy atom. The quantitative estimate of drug-likeness (QED) is 0.636. The molecule has 1 aromatic carbocycles. The van der Waals surface area contributed by atoms with Crippen molar-refractivity contribution in [3.8, 4) is 11.5 Å². The van der Waals surface area contributed by atoms with Gasteiger partial charge in [-0.15, -0.1) is 0 Å². The van der Waals surface area contributed by atoms with Gasteiger partial charge in [0.15, 0.2) is 0 Å².